The van der Waals surface area contributed by atoms with Crippen LogP contribution in [0, 0.1) is 0 Å². The average molecular weight is 641 g/mol. The molecule has 0 saturated heterocycles. The fourth-order valence-corrected chi connectivity index (χ4v) is 5.44. The normalized spacial score (nSPS) is 11.5. The number of benzene rings is 2. The summed E-state index contributed by atoms with van der Waals surface area (Å²) in [6.07, 6.45) is 0. The number of halogens is 6. The predicted molar refractivity (Wildman–Crippen MR) is 119 cm³/mol. The van der Waals surface area contributed by atoms with E-state index in [0.717, 1.165) is 29.0 Å². The number of ether oxygens (including phenoxy) is 2. The van der Waals surface area contributed by atoms with Crippen LogP contribution in [0.3, 0.4) is 0 Å². The van der Waals surface area contributed by atoms with E-state index in [1.807, 2.05) is 24.3 Å². The monoisotopic (exact) mass is 636 g/mol. The van der Waals surface area contributed by atoms with E-state index in [1.54, 1.807) is 0 Å². The fourth-order valence-electron chi connectivity index (χ4n) is 2.39. The molecule has 0 aliphatic carbocycles. The van der Waals surface area contributed by atoms with Crippen LogP contribution in [0.2, 0.25) is 0 Å². The molecule has 0 bridgehead atoms. The molecule has 0 fully saturated rings. The van der Waals surface area contributed by atoms with Crippen LogP contribution >= 0.6 is 86.9 Å². The fraction of sp³-hybridized carbons (Fsp3) is 0.294. The van der Waals surface area contributed by atoms with Crippen LogP contribution in [0.25, 0.3) is 0 Å². The van der Waals surface area contributed by atoms with Crippen molar-refractivity contribution in [2.24, 2.45) is 0 Å². The highest BCUT2D eigenvalue weighted by Crippen LogP contribution is 2.44. The average Bonchev–Trinajstić information content (AvgIpc) is 2.53. The largest absolute Gasteiger partial charge is 0.476 e. The summed E-state index contributed by atoms with van der Waals surface area (Å²) in [7, 11) is 0. The lowest BCUT2D eigenvalue weighted by Gasteiger charge is -2.28. The molecule has 0 N–H and O–H groups in total. The Hall–Kier alpha value is 0.540. The van der Waals surface area contributed by atoms with E-state index in [4.69, 9.17) is 32.7 Å². The maximum Gasteiger partial charge on any atom is 0.162 e. The second-order valence-corrected chi connectivity index (χ2v) is 9.52. The highest BCUT2D eigenvalue weighted by atomic mass is 79.9. The summed E-state index contributed by atoms with van der Waals surface area (Å²) in [5.41, 5.74) is 1.95. The molecule has 8 heteroatoms. The van der Waals surface area contributed by atoms with Crippen molar-refractivity contribution < 1.29 is 9.47 Å². The molecule has 2 aromatic carbocycles. The molecule has 0 spiro atoms. The summed E-state index contributed by atoms with van der Waals surface area (Å²) in [4.78, 5) is 0. The molecule has 0 amide bonds. The van der Waals surface area contributed by atoms with Crippen molar-refractivity contribution >= 4 is 86.9 Å². The minimum absolute atomic E-state index is 0.0852. The van der Waals surface area contributed by atoms with Gasteiger partial charge in [0.25, 0.3) is 0 Å². The number of rotatable bonds is 6. The third-order valence-electron chi connectivity index (χ3n) is 3.84. The lowest BCUT2D eigenvalue weighted by molar-refractivity contribution is 0.382. The molecule has 0 aliphatic heterocycles. The maximum absolute atomic E-state index is 5.69. The van der Waals surface area contributed by atoms with Gasteiger partial charge < -0.3 is 9.47 Å². The van der Waals surface area contributed by atoms with Crippen molar-refractivity contribution in [3.05, 3.63) is 53.3 Å². The van der Waals surface area contributed by atoms with Gasteiger partial charge in [0.1, 0.15) is 11.5 Å². The van der Waals surface area contributed by atoms with E-state index < -0.39 is 0 Å². The molecule has 0 unspecified atom stereocenters. The van der Waals surface area contributed by atoms with Crippen molar-refractivity contribution in [1.82, 2.24) is 0 Å². The van der Waals surface area contributed by atoms with Gasteiger partial charge in [0.05, 0.1) is 17.9 Å². The molecule has 0 aliphatic rings. The lowest BCUT2D eigenvalue weighted by atomic mass is 9.78. The van der Waals surface area contributed by atoms with Crippen LogP contribution in [-0.2, 0) is 5.41 Å². The van der Waals surface area contributed by atoms with Gasteiger partial charge in [-0.05, 0) is 99.1 Å². The van der Waals surface area contributed by atoms with Gasteiger partial charge in [-0.2, -0.15) is 0 Å². The number of alkyl halides is 2. The van der Waals surface area contributed by atoms with Gasteiger partial charge in [0.15, 0.2) is 12.1 Å². The minimum atomic E-state index is -0.269. The highest BCUT2D eigenvalue weighted by Gasteiger charge is 2.27. The second-order valence-electron chi connectivity index (χ2n) is 5.67. The topological polar surface area (TPSA) is 18.5 Å². The van der Waals surface area contributed by atoms with Gasteiger partial charge in [-0.3, -0.25) is 0 Å². The SMILES string of the molecule is CC(C)(c1cc(Br)c(OCCl)c(Br)c1)c1cc(Br)c(OCCl)c(Br)c1. The van der Waals surface area contributed by atoms with Crippen molar-refractivity contribution in [2.75, 3.05) is 12.1 Å². The van der Waals surface area contributed by atoms with Gasteiger partial charge >= 0.3 is 0 Å². The van der Waals surface area contributed by atoms with Gasteiger partial charge in [-0.1, -0.05) is 37.0 Å². The first kappa shape index (κ1) is 21.8. The molecule has 25 heavy (non-hydrogen) atoms. The molecule has 2 aromatic rings. The Kier molecular flexibility index (Phi) is 8.00. The quantitative estimate of drug-likeness (QED) is 0.297. The zero-order chi connectivity index (χ0) is 18.8. The Bertz CT molecular complexity index is 672. The van der Waals surface area contributed by atoms with Crippen LogP contribution in [-0.4, -0.2) is 12.1 Å². The van der Waals surface area contributed by atoms with Crippen LogP contribution in [0.5, 0.6) is 11.5 Å². The molecule has 0 aromatic heterocycles. The Morgan fingerprint density at radius 3 is 1.24 bits per heavy atom. The predicted octanol–water partition coefficient (Wildman–Crippen LogP) is 8.21. The number of hydrogen-bond acceptors (Lipinski definition) is 2. The van der Waals surface area contributed by atoms with Crippen LogP contribution in [0.4, 0.5) is 0 Å². The van der Waals surface area contributed by atoms with Crippen molar-refractivity contribution in [3.8, 4) is 11.5 Å². The second kappa shape index (κ2) is 9.16. The highest BCUT2D eigenvalue weighted by molar-refractivity contribution is 9.11. The van der Waals surface area contributed by atoms with Gasteiger partial charge in [0.2, 0.25) is 0 Å². The van der Waals surface area contributed by atoms with Crippen LogP contribution < -0.4 is 9.47 Å². The smallest absolute Gasteiger partial charge is 0.162 e. The third-order valence-corrected chi connectivity index (χ3v) is 6.41. The first-order valence-corrected chi connectivity index (χ1v) is 11.3. The molecular formula is C17H14Br4Cl2O2. The molecule has 0 heterocycles. The van der Waals surface area contributed by atoms with E-state index in [0.29, 0.717) is 11.5 Å². The Morgan fingerprint density at radius 2 is 1.00 bits per heavy atom. The Morgan fingerprint density at radius 1 is 0.720 bits per heavy atom. The number of hydrogen-bond donors (Lipinski definition) is 0. The molecule has 2 rings (SSSR count). The summed E-state index contributed by atoms with van der Waals surface area (Å²) >= 11 is 25.6. The summed E-state index contributed by atoms with van der Waals surface area (Å²) in [6.45, 7) is 4.30. The third kappa shape index (κ3) is 4.88. The molecular weight excluding hydrogens is 627 g/mol. The molecule has 0 atom stereocenters. The van der Waals surface area contributed by atoms with Gasteiger partial charge in [0, 0.05) is 5.41 Å². The molecule has 2 nitrogen and oxygen atoms in total. The summed E-state index contributed by atoms with van der Waals surface area (Å²) < 4.78 is 14.3. The zero-order valence-corrected chi connectivity index (χ0v) is 21.2. The van der Waals surface area contributed by atoms with E-state index in [-0.39, 0.29) is 17.5 Å². The Balaban J connectivity index is 2.52. The van der Waals surface area contributed by atoms with Gasteiger partial charge in [-0.15, -0.1) is 0 Å². The summed E-state index contributed by atoms with van der Waals surface area (Å²) in [6, 6.07) is 8.33. The van der Waals surface area contributed by atoms with Crippen LogP contribution in [0.1, 0.15) is 25.0 Å². The molecule has 0 radical (unpaired) electrons. The standard InChI is InChI=1S/C17H14Br4Cl2O2/c1-17(2,9-3-11(18)15(24-7-22)12(19)4-9)10-5-13(20)16(25-8-23)14(21)6-10/h3-6H,7-8H2,1-2H3. The minimum Gasteiger partial charge on any atom is -0.476 e. The van der Waals surface area contributed by atoms with Crippen molar-refractivity contribution in [3.63, 3.8) is 0 Å². The van der Waals surface area contributed by atoms with Crippen LogP contribution in [0.15, 0.2) is 42.2 Å². The van der Waals surface area contributed by atoms with E-state index in [9.17, 15) is 0 Å². The Labute approximate surface area is 191 Å². The lowest BCUT2D eigenvalue weighted by Crippen LogP contribution is -2.19. The summed E-state index contributed by atoms with van der Waals surface area (Å²) in [5, 5.41) is 0. The first-order chi connectivity index (χ1) is 11.7. The summed E-state index contributed by atoms with van der Waals surface area (Å²) in [5.74, 6) is 1.37. The molecule has 0 saturated carbocycles. The maximum atomic E-state index is 5.69. The molecule has 136 valence electrons. The first-order valence-electron chi connectivity index (χ1n) is 7.09. The zero-order valence-electron chi connectivity index (χ0n) is 13.3. The van der Waals surface area contributed by atoms with E-state index >= 15 is 0 Å². The van der Waals surface area contributed by atoms with E-state index in [1.165, 1.54) is 0 Å². The van der Waals surface area contributed by atoms with Gasteiger partial charge in [-0.25, -0.2) is 0 Å². The van der Waals surface area contributed by atoms with Crippen molar-refractivity contribution in [1.29, 1.82) is 0 Å². The van der Waals surface area contributed by atoms with E-state index in [2.05, 4.69) is 77.6 Å². The van der Waals surface area contributed by atoms with Crippen molar-refractivity contribution in [2.45, 2.75) is 19.3 Å².